The van der Waals surface area contributed by atoms with E-state index in [1.165, 1.54) is 0 Å². The highest BCUT2D eigenvalue weighted by Crippen LogP contribution is 2.61. The molecule has 52 heavy (non-hydrogen) atoms. The second-order valence-corrected chi connectivity index (χ2v) is 22.3. The Kier molecular flexibility index (Phi) is 15.3. The van der Waals surface area contributed by atoms with Gasteiger partial charge in [0, 0.05) is 24.5 Å². The van der Waals surface area contributed by atoms with Crippen molar-refractivity contribution < 1.29 is 9.59 Å². The number of anilines is 2. The van der Waals surface area contributed by atoms with E-state index in [4.69, 9.17) is 0 Å². The molecule has 4 amide bonds. The van der Waals surface area contributed by atoms with Gasteiger partial charge >= 0.3 is 12.1 Å². The van der Waals surface area contributed by atoms with E-state index in [-0.39, 0.29) is 55.4 Å². The Morgan fingerprint density at radius 1 is 0.558 bits per heavy atom. The predicted molar refractivity (Wildman–Crippen MR) is 228 cm³/mol. The van der Waals surface area contributed by atoms with Crippen LogP contribution in [-0.4, -0.2) is 25.2 Å². The highest BCUT2D eigenvalue weighted by Gasteiger charge is 2.54. The topological polar surface area (TPSA) is 82.3 Å². The molecule has 0 aromatic heterocycles. The van der Waals surface area contributed by atoms with Crippen molar-refractivity contribution >= 4 is 23.4 Å². The van der Waals surface area contributed by atoms with Crippen LogP contribution in [0.15, 0.2) is 12.1 Å². The lowest BCUT2D eigenvalue weighted by Gasteiger charge is -2.60. The van der Waals surface area contributed by atoms with Crippen LogP contribution in [0.1, 0.15) is 175 Å². The lowest BCUT2D eigenvalue weighted by molar-refractivity contribution is -0.110. The number of carbonyl (C=O) groups is 2. The van der Waals surface area contributed by atoms with Gasteiger partial charge in [0.15, 0.2) is 0 Å². The SMILES string of the molecule is Cc1cc(C)c(NC(=O)NCCC(C)C(C)(C)C(C)(C)C(C)(C)C(C)(C)C)cc1NC(=O)NCCC(C)CC(C)(C)C(C)(C)CC(C)(C)C(C)(C)C. The molecule has 0 heterocycles. The van der Waals surface area contributed by atoms with Crippen molar-refractivity contribution in [2.75, 3.05) is 23.7 Å². The van der Waals surface area contributed by atoms with Crippen molar-refractivity contribution in [3.05, 3.63) is 23.3 Å². The minimum Gasteiger partial charge on any atom is -0.338 e. The van der Waals surface area contributed by atoms with Gasteiger partial charge in [-0.05, 0) is 112 Å². The summed E-state index contributed by atoms with van der Waals surface area (Å²) in [5, 5.41) is 12.2. The van der Waals surface area contributed by atoms with Crippen molar-refractivity contribution in [2.45, 2.75) is 178 Å². The van der Waals surface area contributed by atoms with Crippen LogP contribution < -0.4 is 21.3 Å². The zero-order chi connectivity index (χ0) is 41.1. The third kappa shape index (κ3) is 11.4. The number of hydrogen-bond acceptors (Lipinski definition) is 2. The van der Waals surface area contributed by atoms with Crippen LogP contribution in [0.5, 0.6) is 0 Å². The van der Waals surface area contributed by atoms with Crippen LogP contribution in [0.25, 0.3) is 0 Å². The van der Waals surface area contributed by atoms with E-state index in [0.29, 0.717) is 36.3 Å². The number of urea groups is 2. The van der Waals surface area contributed by atoms with E-state index in [1.54, 1.807) is 0 Å². The van der Waals surface area contributed by atoms with Crippen molar-refractivity contribution in [3.8, 4) is 0 Å². The second-order valence-electron chi connectivity index (χ2n) is 22.3. The zero-order valence-corrected chi connectivity index (χ0v) is 38.4. The molecule has 1 rings (SSSR count). The fraction of sp³-hybridized carbons (Fsp3) is 0.826. The summed E-state index contributed by atoms with van der Waals surface area (Å²) in [6.07, 6.45) is 4.05. The largest absolute Gasteiger partial charge is 0.338 e. The first-order valence-electron chi connectivity index (χ1n) is 20.2. The molecule has 1 aromatic rings. The Morgan fingerprint density at radius 3 is 1.38 bits per heavy atom. The molecule has 302 valence electrons. The molecule has 1 aromatic carbocycles. The molecule has 0 saturated carbocycles. The molecular weight excluding hydrogens is 641 g/mol. The second kappa shape index (κ2) is 16.6. The van der Waals surface area contributed by atoms with E-state index in [2.05, 4.69) is 160 Å². The first kappa shape index (κ1) is 47.8. The Hall–Kier alpha value is -2.24. The van der Waals surface area contributed by atoms with Gasteiger partial charge < -0.3 is 21.3 Å². The van der Waals surface area contributed by atoms with Crippen LogP contribution in [-0.2, 0) is 0 Å². The quantitative estimate of drug-likeness (QED) is 0.137. The van der Waals surface area contributed by atoms with E-state index < -0.39 is 0 Å². The standard InChI is InChI=1S/C46H86N4O2/c1-31(29-41(11,12)43(15,16)30-42(13,14)39(5,6)7)23-25-47-37(51)49-35-28-36(33(3)27-32(35)2)50-38(52)48-26-24-34(4)44(17,18)46(21,22)45(19,20)40(8,9)10/h27-28,31,34H,23-26,29-30H2,1-22H3,(H2,47,49,51)(H2,48,50,52). The molecule has 0 fully saturated rings. The molecule has 0 radical (unpaired) electrons. The molecule has 6 heteroatoms. The average Bonchev–Trinajstić information content (AvgIpc) is 2.93. The van der Waals surface area contributed by atoms with Gasteiger partial charge in [0.25, 0.3) is 0 Å². The number of hydrogen-bond donors (Lipinski definition) is 4. The molecule has 4 N–H and O–H groups in total. The van der Waals surface area contributed by atoms with Crippen molar-refractivity contribution in [1.29, 1.82) is 0 Å². The van der Waals surface area contributed by atoms with E-state index in [9.17, 15) is 9.59 Å². The number of amides is 4. The van der Waals surface area contributed by atoms with Gasteiger partial charge in [-0.3, -0.25) is 0 Å². The third-order valence-corrected chi connectivity index (χ3v) is 15.7. The first-order chi connectivity index (χ1) is 23.0. The summed E-state index contributed by atoms with van der Waals surface area (Å²) in [7, 11) is 0. The fourth-order valence-electron chi connectivity index (χ4n) is 7.87. The number of carbonyl (C=O) groups excluding carboxylic acids is 2. The molecule has 0 aliphatic carbocycles. The smallest absolute Gasteiger partial charge is 0.319 e. The number of aryl methyl sites for hydroxylation is 2. The van der Waals surface area contributed by atoms with Crippen LogP contribution in [0.3, 0.4) is 0 Å². The van der Waals surface area contributed by atoms with Crippen LogP contribution in [0.2, 0.25) is 0 Å². The van der Waals surface area contributed by atoms with Gasteiger partial charge in [0.05, 0.1) is 0 Å². The van der Waals surface area contributed by atoms with Gasteiger partial charge in [0.2, 0.25) is 0 Å². The molecule has 2 unspecified atom stereocenters. The lowest BCUT2D eigenvalue weighted by Crippen LogP contribution is -2.53. The molecule has 0 aliphatic heterocycles. The van der Waals surface area contributed by atoms with Gasteiger partial charge in [-0.15, -0.1) is 0 Å². The summed E-state index contributed by atoms with van der Waals surface area (Å²) >= 11 is 0. The number of benzene rings is 1. The molecule has 0 spiro atoms. The molecule has 6 nitrogen and oxygen atoms in total. The maximum atomic E-state index is 13.1. The van der Waals surface area contributed by atoms with E-state index in [1.807, 2.05) is 26.0 Å². The van der Waals surface area contributed by atoms with Crippen LogP contribution >= 0.6 is 0 Å². The molecular formula is C46H86N4O2. The molecule has 2 atom stereocenters. The van der Waals surface area contributed by atoms with Crippen LogP contribution in [0.4, 0.5) is 21.0 Å². The predicted octanol–water partition coefficient (Wildman–Crippen LogP) is 13.6. The maximum Gasteiger partial charge on any atom is 0.319 e. The zero-order valence-electron chi connectivity index (χ0n) is 38.4. The summed E-state index contributed by atoms with van der Waals surface area (Å²) < 4.78 is 0. The minimum absolute atomic E-state index is 0.0472. The van der Waals surface area contributed by atoms with Gasteiger partial charge in [-0.1, -0.05) is 145 Å². The number of nitrogens with one attached hydrogen (secondary N) is 4. The van der Waals surface area contributed by atoms with Crippen molar-refractivity contribution in [1.82, 2.24) is 10.6 Å². The summed E-state index contributed by atoms with van der Waals surface area (Å²) in [5.74, 6) is 0.866. The third-order valence-electron chi connectivity index (χ3n) is 15.7. The molecule has 0 saturated heterocycles. The summed E-state index contributed by atoms with van der Waals surface area (Å²) in [5.41, 5.74) is 4.43. The normalized spacial score (nSPS) is 15.2. The van der Waals surface area contributed by atoms with Gasteiger partial charge in [-0.2, -0.15) is 0 Å². The molecule has 0 bridgehead atoms. The minimum atomic E-state index is -0.233. The maximum absolute atomic E-state index is 13.1. The van der Waals surface area contributed by atoms with Gasteiger partial charge in [0.1, 0.15) is 0 Å². The highest BCUT2D eigenvalue weighted by atomic mass is 16.2. The highest BCUT2D eigenvalue weighted by molar-refractivity contribution is 5.94. The van der Waals surface area contributed by atoms with E-state index in [0.717, 1.165) is 36.8 Å². The van der Waals surface area contributed by atoms with Gasteiger partial charge in [-0.25, -0.2) is 9.59 Å². The Labute approximate surface area is 323 Å². The summed E-state index contributed by atoms with van der Waals surface area (Å²) in [4.78, 5) is 26.1. The Bertz CT molecular complexity index is 1350. The molecule has 0 aliphatic rings. The summed E-state index contributed by atoms with van der Waals surface area (Å²) in [6, 6.07) is 3.40. The first-order valence-corrected chi connectivity index (χ1v) is 20.2. The fourth-order valence-corrected chi connectivity index (χ4v) is 7.87. The Balaban J connectivity index is 2.78. The Morgan fingerprint density at radius 2 is 0.981 bits per heavy atom. The average molecular weight is 727 g/mol. The lowest BCUT2D eigenvalue weighted by atomic mass is 9.45. The monoisotopic (exact) mass is 727 g/mol. The van der Waals surface area contributed by atoms with Crippen molar-refractivity contribution in [3.63, 3.8) is 0 Å². The number of rotatable bonds is 16. The van der Waals surface area contributed by atoms with Crippen LogP contribution in [0, 0.1) is 69.0 Å². The van der Waals surface area contributed by atoms with Crippen molar-refractivity contribution in [2.24, 2.45) is 55.2 Å². The summed E-state index contributed by atoms with van der Waals surface area (Å²) in [6.45, 7) is 52.6. The van der Waals surface area contributed by atoms with E-state index >= 15 is 0 Å².